The largest absolute Gasteiger partial charge is 0.480 e. The molecule has 1 aromatic heterocycles. The topological polar surface area (TPSA) is 77.2 Å². The van der Waals surface area contributed by atoms with Crippen molar-refractivity contribution in [1.29, 1.82) is 0 Å². The molecule has 2 rings (SSSR count). The summed E-state index contributed by atoms with van der Waals surface area (Å²) in [5, 5.41) is 16.5. The summed E-state index contributed by atoms with van der Waals surface area (Å²) in [6, 6.07) is 9.60. The number of ether oxygens (including phenoxy) is 1. The molecule has 0 radical (unpaired) electrons. The molecule has 0 bridgehead atoms. The number of hydrogen-bond donors (Lipinski definition) is 1. The summed E-state index contributed by atoms with van der Waals surface area (Å²) in [6.07, 6.45) is 0. The predicted molar refractivity (Wildman–Crippen MR) is 63.4 cm³/mol. The molecular weight excluding hydrogens is 234 g/mol. The van der Waals surface area contributed by atoms with Crippen LogP contribution in [-0.4, -0.2) is 32.4 Å². The molecule has 0 aliphatic rings. The Hall–Kier alpha value is -2.21. The van der Waals surface area contributed by atoms with Gasteiger partial charge >= 0.3 is 5.97 Å². The standard InChI is InChI=1S/C12H13N3O3/c1-9-13-14-11(7-18-8-12(16)17)15(9)10-5-3-2-4-6-10/h2-6H,7-8H2,1H3,(H,16,17). The lowest BCUT2D eigenvalue weighted by Crippen LogP contribution is -2.10. The maximum absolute atomic E-state index is 10.4. The van der Waals surface area contributed by atoms with Crippen LogP contribution in [0.2, 0.25) is 0 Å². The van der Waals surface area contributed by atoms with Crippen LogP contribution in [0, 0.1) is 6.92 Å². The summed E-state index contributed by atoms with van der Waals surface area (Å²) in [5.74, 6) is 0.313. The number of carbonyl (C=O) groups is 1. The molecule has 0 atom stereocenters. The molecule has 0 saturated heterocycles. The number of aryl methyl sites for hydroxylation is 1. The van der Waals surface area contributed by atoms with Crippen molar-refractivity contribution in [3.05, 3.63) is 42.0 Å². The van der Waals surface area contributed by atoms with Crippen LogP contribution in [0.3, 0.4) is 0 Å². The summed E-state index contributed by atoms with van der Waals surface area (Å²) in [6.45, 7) is 1.60. The lowest BCUT2D eigenvalue weighted by atomic mass is 10.3. The number of carboxylic acids is 1. The van der Waals surface area contributed by atoms with E-state index in [2.05, 4.69) is 10.2 Å². The van der Waals surface area contributed by atoms with Gasteiger partial charge in [0.1, 0.15) is 19.0 Å². The molecule has 0 amide bonds. The average molecular weight is 247 g/mol. The van der Waals surface area contributed by atoms with Gasteiger partial charge in [-0.05, 0) is 19.1 Å². The summed E-state index contributed by atoms with van der Waals surface area (Å²) >= 11 is 0. The van der Waals surface area contributed by atoms with E-state index in [1.807, 2.05) is 41.8 Å². The van der Waals surface area contributed by atoms with E-state index in [0.717, 1.165) is 11.5 Å². The van der Waals surface area contributed by atoms with Crippen molar-refractivity contribution in [2.45, 2.75) is 13.5 Å². The fourth-order valence-electron chi connectivity index (χ4n) is 1.64. The van der Waals surface area contributed by atoms with E-state index >= 15 is 0 Å². The van der Waals surface area contributed by atoms with Gasteiger partial charge in [-0.25, -0.2) is 4.79 Å². The molecule has 0 fully saturated rings. The van der Waals surface area contributed by atoms with Gasteiger partial charge in [-0.1, -0.05) is 18.2 Å². The van der Waals surface area contributed by atoms with E-state index in [1.54, 1.807) is 0 Å². The van der Waals surface area contributed by atoms with Gasteiger partial charge in [-0.2, -0.15) is 0 Å². The first-order valence-electron chi connectivity index (χ1n) is 5.44. The second-order valence-corrected chi connectivity index (χ2v) is 3.72. The van der Waals surface area contributed by atoms with E-state index in [9.17, 15) is 4.79 Å². The summed E-state index contributed by atoms with van der Waals surface area (Å²) < 4.78 is 6.87. The second-order valence-electron chi connectivity index (χ2n) is 3.72. The van der Waals surface area contributed by atoms with Crippen LogP contribution in [0.5, 0.6) is 0 Å². The van der Waals surface area contributed by atoms with Gasteiger partial charge in [0.15, 0.2) is 5.82 Å². The van der Waals surface area contributed by atoms with Crippen molar-refractivity contribution in [2.75, 3.05) is 6.61 Å². The fourth-order valence-corrected chi connectivity index (χ4v) is 1.64. The number of para-hydroxylation sites is 1. The third kappa shape index (κ3) is 2.72. The van der Waals surface area contributed by atoms with Gasteiger partial charge in [0.05, 0.1) is 0 Å². The third-order valence-electron chi connectivity index (χ3n) is 2.36. The van der Waals surface area contributed by atoms with E-state index in [4.69, 9.17) is 9.84 Å². The number of rotatable bonds is 5. The predicted octanol–water partition coefficient (Wildman–Crippen LogP) is 1.18. The Morgan fingerprint density at radius 2 is 2.06 bits per heavy atom. The highest BCUT2D eigenvalue weighted by molar-refractivity contribution is 5.67. The van der Waals surface area contributed by atoms with E-state index in [-0.39, 0.29) is 13.2 Å². The molecule has 18 heavy (non-hydrogen) atoms. The van der Waals surface area contributed by atoms with E-state index in [1.165, 1.54) is 0 Å². The average Bonchev–Trinajstić information content (AvgIpc) is 2.71. The maximum Gasteiger partial charge on any atom is 0.329 e. The second kappa shape index (κ2) is 5.42. The highest BCUT2D eigenvalue weighted by atomic mass is 16.5. The number of hydrogen-bond acceptors (Lipinski definition) is 4. The van der Waals surface area contributed by atoms with Crippen LogP contribution in [0.4, 0.5) is 0 Å². The Morgan fingerprint density at radius 1 is 1.33 bits per heavy atom. The van der Waals surface area contributed by atoms with Crippen molar-refractivity contribution in [3.8, 4) is 5.69 Å². The zero-order chi connectivity index (χ0) is 13.0. The zero-order valence-electron chi connectivity index (χ0n) is 9.91. The summed E-state index contributed by atoms with van der Waals surface area (Å²) in [5.41, 5.74) is 0.925. The number of carboxylic acid groups (broad SMARTS) is 1. The quantitative estimate of drug-likeness (QED) is 0.858. The molecule has 1 heterocycles. The number of aliphatic carboxylic acids is 1. The molecule has 1 aromatic carbocycles. The Kier molecular flexibility index (Phi) is 3.69. The van der Waals surface area contributed by atoms with Crippen LogP contribution in [0.25, 0.3) is 5.69 Å². The van der Waals surface area contributed by atoms with Crippen LogP contribution in [0.15, 0.2) is 30.3 Å². The van der Waals surface area contributed by atoms with Gasteiger partial charge < -0.3 is 9.84 Å². The van der Waals surface area contributed by atoms with Crippen molar-refractivity contribution >= 4 is 5.97 Å². The molecule has 1 N–H and O–H groups in total. The molecule has 6 heteroatoms. The molecule has 0 unspecified atom stereocenters. The van der Waals surface area contributed by atoms with Crippen LogP contribution >= 0.6 is 0 Å². The molecule has 94 valence electrons. The first-order valence-corrected chi connectivity index (χ1v) is 5.44. The molecule has 0 spiro atoms. The highest BCUT2D eigenvalue weighted by Gasteiger charge is 2.11. The maximum atomic E-state index is 10.4. The van der Waals surface area contributed by atoms with Crippen LogP contribution in [-0.2, 0) is 16.1 Å². The van der Waals surface area contributed by atoms with E-state index < -0.39 is 5.97 Å². The van der Waals surface area contributed by atoms with Crippen LogP contribution < -0.4 is 0 Å². The molecule has 0 aliphatic carbocycles. The summed E-state index contributed by atoms with van der Waals surface area (Å²) in [7, 11) is 0. The lowest BCUT2D eigenvalue weighted by Gasteiger charge is -2.08. The minimum Gasteiger partial charge on any atom is -0.480 e. The van der Waals surface area contributed by atoms with Crippen LogP contribution in [0.1, 0.15) is 11.6 Å². The van der Waals surface area contributed by atoms with Crippen molar-refractivity contribution in [1.82, 2.24) is 14.8 Å². The Labute approximate surface area is 104 Å². The number of nitrogens with zero attached hydrogens (tertiary/aromatic N) is 3. The van der Waals surface area contributed by atoms with Crippen molar-refractivity contribution in [2.24, 2.45) is 0 Å². The summed E-state index contributed by atoms with van der Waals surface area (Å²) in [4.78, 5) is 10.4. The van der Waals surface area contributed by atoms with E-state index in [0.29, 0.717) is 5.82 Å². The Morgan fingerprint density at radius 3 is 2.72 bits per heavy atom. The first-order chi connectivity index (χ1) is 8.68. The number of benzene rings is 1. The third-order valence-corrected chi connectivity index (χ3v) is 2.36. The molecule has 2 aromatic rings. The Bertz CT molecular complexity index is 537. The van der Waals surface area contributed by atoms with Gasteiger partial charge in [-0.15, -0.1) is 10.2 Å². The number of aromatic nitrogens is 3. The smallest absolute Gasteiger partial charge is 0.329 e. The lowest BCUT2D eigenvalue weighted by molar-refractivity contribution is -0.142. The Balaban J connectivity index is 2.20. The molecular formula is C12H13N3O3. The van der Waals surface area contributed by atoms with Gasteiger partial charge in [0.25, 0.3) is 0 Å². The zero-order valence-corrected chi connectivity index (χ0v) is 9.91. The van der Waals surface area contributed by atoms with Crippen molar-refractivity contribution < 1.29 is 14.6 Å². The highest BCUT2D eigenvalue weighted by Crippen LogP contribution is 2.12. The monoisotopic (exact) mass is 247 g/mol. The first kappa shape index (κ1) is 12.3. The fraction of sp³-hybridized carbons (Fsp3) is 0.250. The van der Waals surface area contributed by atoms with Gasteiger partial charge in [0.2, 0.25) is 0 Å². The van der Waals surface area contributed by atoms with Gasteiger partial charge in [-0.3, -0.25) is 4.57 Å². The molecule has 6 nitrogen and oxygen atoms in total. The van der Waals surface area contributed by atoms with Gasteiger partial charge in [0, 0.05) is 5.69 Å². The SMILES string of the molecule is Cc1nnc(COCC(=O)O)n1-c1ccccc1. The normalized spacial score (nSPS) is 10.5. The molecule has 0 aliphatic heterocycles. The minimum atomic E-state index is -1.00. The van der Waals surface area contributed by atoms with Crippen molar-refractivity contribution in [3.63, 3.8) is 0 Å². The molecule has 0 saturated carbocycles. The minimum absolute atomic E-state index is 0.113.